The molecule has 4 heteroatoms. The Hall–Kier alpha value is -1.39. The maximum Gasteiger partial charge on any atom is 0.128 e. The second kappa shape index (κ2) is 6.37. The van der Waals surface area contributed by atoms with Crippen LogP contribution in [0.25, 0.3) is 0 Å². The first kappa shape index (κ1) is 13.6. The van der Waals surface area contributed by atoms with Crippen molar-refractivity contribution in [2.45, 2.75) is 18.9 Å². The van der Waals surface area contributed by atoms with Crippen molar-refractivity contribution in [1.82, 2.24) is 15.2 Å². The van der Waals surface area contributed by atoms with Crippen LogP contribution in [0.1, 0.15) is 12.8 Å². The van der Waals surface area contributed by atoms with Crippen molar-refractivity contribution in [2.75, 3.05) is 44.2 Å². The molecule has 3 rings (SSSR count). The molecule has 0 bridgehead atoms. The van der Waals surface area contributed by atoms with Gasteiger partial charge >= 0.3 is 0 Å². The molecule has 1 aliphatic heterocycles. The molecule has 0 amide bonds. The lowest BCUT2D eigenvalue weighted by molar-refractivity contribution is 0.276. The van der Waals surface area contributed by atoms with Gasteiger partial charge in [-0.15, -0.1) is 0 Å². The van der Waals surface area contributed by atoms with Crippen molar-refractivity contribution in [3.63, 3.8) is 0 Å². The second-order valence-corrected chi connectivity index (χ2v) is 5.86. The lowest BCUT2D eigenvalue weighted by Crippen LogP contribution is -2.47. The third kappa shape index (κ3) is 3.81. The summed E-state index contributed by atoms with van der Waals surface area (Å²) in [6, 6.07) is 6.89. The van der Waals surface area contributed by atoms with E-state index >= 15 is 0 Å². The van der Waals surface area contributed by atoms with Crippen LogP contribution in [0.5, 0.6) is 0 Å². The molecule has 0 spiro atoms. The van der Waals surface area contributed by atoms with E-state index < -0.39 is 0 Å². The largest absolute Gasteiger partial charge is 0.354 e. The maximum absolute atomic E-state index is 4.42. The fourth-order valence-corrected chi connectivity index (χ4v) is 2.62. The molecule has 1 N–H and O–H groups in total. The van der Waals surface area contributed by atoms with Crippen LogP contribution < -0.4 is 10.2 Å². The Balaban J connectivity index is 1.40. The third-order valence-corrected chi connectivity index (χ3v) is 4.01. The zero-order valence-corrected chi connectivity index (χ0v) is 12.1. The molecule has 1 aliphatic carbocycles. The molecule has 2 fully saturated rings. The molecule has 1 saturated heterocycles. The summed E-state index contributed by atoms with van der Waals surface area (Å²) in [5.41, 5.74) is 1.31. The molecule has 0 aromatic carbocycles. The van der Waals surface area contributed by atoms with Crippen LogP contribution in [0.4, 0.5) is 5.82 Å². The fourth-order valence-electron chi connectivity index (χ4n) is 2.62. The lowest BCUT2D eigenvalue weighted by atomic mass is 10.2. The molecule has 2 aliphatic rings. The smallest absolute Gasteiger partial charge is 0.128 e. The Morgan fingerprint density at radius 2 is 2.05 bits per heavy atom. The van der Waals surface area contributed by atoms with Crippen LogP contribution in [0.3, 0.4) is 0 Å². The van der Waals surface area contributed by atoms with Gasteiger partial charge in [0.05, 0.1) is 0 Å². The summed E-state index contributed by atoms with van der Waals surface area (Å²) in [5.74, 6) is 1.10. The van der Waals surface area contributed by atoms with Gasteiger partial charge < -0.3 is 10.2 Å². The molecular formula is C16H24N4. The summed E-state index contributed by atoms with van der Waals surface area (Å²) in [6.45, 7) is 10.5. The zero-order valence-electron chi connectivity index (χ0n) is 12.1. The van der Waals surface area contributed by atoms with Gasteiger partial charge in [-0.1, -0.05) is 12.6 Å². The van der Waals surface area contributed by atoms with Crippen molar-refractivity contribution in [1.29, 1.82) is 0 Å². The second-order valence-electron chi connectivity index (χ2n) is 5.86. The van der Waals surface area contributed by atoms with Crippen molar-refractivity contribution >= 4 is 5.82 Å². The summed E-state index contributed by atoms with van der Waals surface area (Å²) < 4.78 is 0. The first-order valence-corrected chi connectivity index (χ1v) is 7.59. The minimum Gasteiger partial charge on any atom is -0.354 e. The van der Waals surface area contributed by atoms with Gasteiger partial charge in [-0.25, -0.2) is 4.98 Å². The predicted octanol–water partition coefficient (Wildman–Crippen LogP) is 1.51. The minimum atomic E-state index is 0.771. The number of hydrogen-bond donors (Lipinski definition) is 1. The topological polar surface area (TPSA) is 31.4 Å². The maximum atomic E-state index is 4.42. The van der Waals surface area contributed by atoms with E-state index in [2.05, 4.69) is 38.8 Å². The number of piperazine rings is 1. The van der Waals surface area contributed by atoms with Gasteiger partial charge in [0.15, 0.2) is 0 Å². The van der Waals surface area contributed by atoms with Crippen LogP contribution in [-0.4, -0.2) is 55.2 Å². The van der Waals surface area contributed by atoms with E-state index in [1.54, 1.807) is 0 Å². The van der Waals surface area contributed by atoms with Gasteiger partial charge in [-0.05, 0) is 30.5 Å². The molecule has 2 heterocycles. The van der Waals surface area contributed by atoms with E-state index in [0.29, 0.717) is 0 Å². The van der Waals surface area contributed by atoms with Crippen molar-refractivity contribution < 1.29 is 0 Å². The summed E-state index contributed by atoms with van der Waals surface area (Å²) >= 11 is 0. The molecular weight excluding hydrogens is 248 g/mol. The fraction of sp³-hybridized carbons (Fsp3) is 0.562. The quantitative estimate of drug-likeness (QED) is 0.796. The molecule has 0 atom stereocenters. The van der Waals surface area contributed by atoms with E-state index in [-0.39, 0.29) is 0 Å². The van der Waals surface area contributed by atoms with E-state index in [1.165, 1.54) is 18.4 Å². The molecule has 108 valence electrons. The molecule has 1 aromatic heterocycles. The van der Waals surface area contributed by atoms with Gasteiger partial charge in [0.25, 0.3) is 0 Å². The highest BCUT2D eigenvalue weighted by molar-refractivity contribution is 5.38. The Labute approximate surface area is 121 Å². The Bertz CT molecular complexity index is 433. The van der Waals surface area contributed by atoms with Gasteiger partial charge in [-0.3, -0.25) is 4.90 Å². The zero-order chi connectivity index (χ0) is 13.8. The minimum absolute atomic E-state index is 0.771. The van der Waals surface area contributed by atoms with Crippen molar-refractivity contribution in [3.05, 3.63) is 36.5 Å². The number of aromatic nitrogens is 1. The Morgan fingerprint density at radius 1 is 1.25 bits per heavy atom. The van der Waals surface area contributed by atoms with Crippen LogP contribution in [0.15, 0.2) is 36.5 Å². The summed E-state index contributed by atoms with van der Waals surface area (Å²) in [7, 11) is 0. The predicted molar refractivity (Wildman–Crippen MR) is 83.1 cm³/mol. The van der Waals surface area contributed by atoms with E-state index in [9.17, 15) is 0 Å². The molecule has 4 nitrogen and oxygen atoms in total. The van der Waals surface area contributed by atoms with Crippen molar-refractivity contribution in [2.24, 2.45) is 0 Å². The molecule has 0 radical (unpaired) electrons. The highest BCUT2D eigenvalue weighted by atomic mass is 15.3. The number of anilines is 1. The number of pyridine rings is 1. The van der Waals surface area contributed by atoms with Gasteiger partial charge in [-0.2, -0.15) is 0 Å². The first-order chi connectivity index (χ1) is 9.81. The summed E-state index contributed by atoms with van der Waals surface area (Å²) in [5, 5.41) is 3.53. The third-order valence-electron chi connectivity index (χ3n) is 4.01. The normalized spacial score (nSPS) is 20.1. The number of nitrogens with one attached hydrogen (secondary N) is 1. The summed E-state index contributed by atoms with van der Waals surface area (Å²) in [6.07, 6.45) is 4.55. The molecule has 1 saturated carbocycles. The number of nitrogens with zero attached hydrogens (tertiary/aromatic N) is 3. The highest BCUT2D eigenvalue weighted by Gasteiger charge is 2.21. The average Bonchev–Trinajstić information content (AvgIpc) is 3.31. The lowest BCUT2D eigenvalue weighted by Gasteiger charge is -2.35. The van der Waals surface area contributed by atoms with E-state index in [0.717, 1.165) is 51.1 Å². The summed E-state index contributed by atoms with van der Waals surface area (Å²) in [4.78, 5) is 9.28. The molecule has 0 unspecified atom stereocenters. The van der Waals surface area contributed by atoms with Crippen molar-refractivity contribution in [3.8, 4) is 0 Å². The Kier molecular flexibility index (Phi) is 4.33. The van der Waals surface area contributed by atoms with Crippen LogP contribution in [0, 0.1) is 0 Å². The molecule has 1 aromatic rings. The van der Waals surface area contributed by atoms with Gasteiger partial charge in [0.2, 0.25) is 0 Å². The Morgan fingerprint density at radius 3 is 2.70 bits per heavy atom. The molecule has 20 heavy (non-hydrogen) atoms. The standard InChI is InChI=1S/C16H24N4/c1-14(12-18-15-5-6-15)13-19-8-10-20(11-9-19)16-4-2-3-7-17-16/h2-4,7,15,18H,1,5-6,8-13H2. The monoisotopic (exact) mass is 272 g/mol. The number of rotatable bonds is 6. The van der Waals surface area contributed by atoms with Gasteiger partial charge in [0, 0.05) is 51.5 Å². The first-order valence-electron chi connectivity index (χ1n) is 7.59. The van der Waals surface area contributed by atoms with Crippen LogP contribution in [0.2, 0.25) is 0 Å². The highest BCUT2D eigenvalue weighted by Crippen LogP contribution is 2.19. The van der Waals surface area contributed by atoms with Crippen LogP contribution in [-0.2, 0) is 0 Å². The SMILES string of the molecule is C=C(CNC1CC1)CN1CCN(c2ccccn2)CC1. The van der Waals surface area contributed by atoms with E-state index in [4.69, 9.17) is 0 Å². The van der Waals surface area contributed by atoms with Crippen LogP contribution >= 0.6 is 0 Å². The average molecular weight is 272 g/mol. The number of hydrogen-bond acceptors (Lipinski definition) is 4. The van der Waals surface area contributed by atoms with E-state index in [1.807, 2.05) is 12.3 Å². The van der Waals surface area contributed by atoms with Gasteiger partial charge in [0.1, 0.15) is 5.82 Å².